The Morgan fingerprint density at radius 3 is 2.62 bits per heavy atom. The fourth-order valence-electron chi connectivity index (χ4n) is 1.55. The Morgan fingerprint density at radius 2 is 2.06 bits per heavy atom. The minimum Gasteiger partial charge on any atom is -0.207 e. The molecule has 0 amide bonds. The summed E-state index contributed by atoms with van der Waals surface area (Å²) in [6.07, 6.45) is 0. The third-order valence-corrected chi connectivity index (χ3v) is 4.39. The van der Waals surface area contributed by atoms with Gasteiger partial charge in [-0.25, -0.2) is 4.39 Å². The third-order valence-electron chi connectivity index (χ3n) is 2.38. The van der Waals surface area contributed by atoms with Crippen LogP contribution in [0.1, 0.15) is 21.4 Å². The molecule has 1 aromatic heterocycles. The molecular weight excluding hydrogens is 266 g/mol. The fraction of sp³-hybridized carbons (Fsp3) is 0.167. The van der Waals surface area contributed by atoms with Crippen molar-refractivity contribution in [2.45, 2.75) is 12.3 Å². The molecule has 0 aliphatic carbocycles. The van der Waals surface area contributed by atoms with Crippen molar-refractivity contribution in [2.75, 3.05) is 0 Å². The normalized spacial score (nSPS) is 12.8. The lowest BCUT2D eigenvalue weighted by atomic mass is 10.0. The van der Waals surface area contributed by atoms with Gasteiger partial charge in [0, 0.05) is 4.88 Å². The average molecular weight is 275 g/mol. The molecule has 0 saturated heterocycles. The van der Waals surface area contributed by atoms with Crippen molar-refractivity contribution < 1.29 is 4.39 Å². The van der Waals surface area contributed by atoms with Gasteiger partial charge in [-0.3, -0.25) is 0 Å². The number of rotatable bonds is 2. The van der Waals surface area contributed by atoms with Crippen LogP contribution in [0.25, 0.3) is 0 Å². The molecule has 2 aromatic rings. The maximum atomic E-state index is 13.0. The molecule has 0 spiro atoms. The van der Waals surface area contributed by atoms with Crippen molar-refractivity contribution in [2.24, 2.45) is 0 Å². The highest BCUT2D eigenvalue weighted by molar-refractivity contribution is 7.11. The molecular formula is C12H9Cl2FS. The Hall–Kier alpha value is -0.570. The first-order chi connectivity index (χ1) is 7.59. The summed E-state index contributed by atoms with van der Waals surface area (Å²) in [5.74, 6) is -0.248. The van der Waals surface area contributed by atoms with Crippen LogP contribution < -0.4 is 0 Å². The minimum atomic E-state index is -0.312. The molecule has 1 atom stereocenters. The van der Waals surface area contributed by atoms with E-state index >= 15 is 0 Å². The summed E-state index contributed by atoms with van der Waals surface area (Å²) in [4.78, 5) is 0.901. The summed E-state index contributed by atoms with van der Waals surface area (Å²) < 4.78 is 13.0. The summed E-state index contributed by atoms with van der Waals surface area (Å²) in [5, 5.41) is 2.24. The van der Waals surface area contributed by atoms with Crippen LogP contribution in [0.2, 0.25) is 5.02 Å². The molecule has 1 unspecified atom stereocenters. The van der Waals surface area contributed by atoms with E-state index in [0.717, 1.165) is 16.0 Å². The average Bonchev–Trinajstić information content (AvgIpc) is 2.63. The number of hydrogen-bond acceptors (Lipinski definition) is 1. The van der Waals surface area contributed by atoms with Crippen LogP contribution in [0.15, 0.2) is 29.6 Å². The van der Waals surface area contributed by atoms with Gasteiger partial charge in [0.05, 0.1) is 10.4 Å². The molecule has 1 heterocycles. The highest BCUT2D eigenvalue weighted by Gasteiger charge is 2.17. The van der Waals surface area contributed by atoms with Crippen molar-refractivity contribution in [3.05, 3.63) is 56.5 Å². The SMILES string of the molecule is Cc1cc(F)ccc1C(Cl)c1sccc1Cl. The first kappa shape index (κ1) is 11.9. The van der Waals surface area contributed by atoms with Gasteiger partial charge in [0.25, 0.3) is 0 Å². The van der Waals surface area contributed by atoms with Gasteiger partial charge in [-0.1, -0.05) is 17.7 Å². The number of thiophene rings is 1. The van der Waals surface area contributed by atoms with Crippen LogP contribution >= 0.6 is 34.5 Å². The number of benzene rings is 1. The quantitative estimate of drug-likeness (QED) is 0.663. The summed E-state index contributed by atoms with van der Waals surface area (Å²) >= 11 is 13.9. The van der Waals surface area contributed by atoms with E-state index in [-0.39, 0.29) is 11.2 Å². The molecule has 0 radical (unpaired) electrons. The van der Waals surface area contributed by atoms with Crippen LogP contribution in [0.4, 0.5) is 4.39 Å². The van der Waals surface area contributed by atoms with Crippen molar-refractivity contribution in [3.63, 3.8) is 0 Å². The number of halogens is 3. The van der Waals surface area contributed by atoms with Gasteiger partial charge in [0.15, 0.2) is 0 Å². The van der Waals surface area contributed by atoms with E-state index in [1.165, 1.54) is 23.5 Å². The monoisotopic (exact) mass is 274 g/mol. The first-order valence-corrected chi connectivity index (χ1v) is 6.42. The van der Waals surface area contributed by atoms with Crippen molar-refractivity contribution in [1.29, 1.82) is 0 Å². The second-order valence-electron chi connectivity index (χ2n) is 3.50. The summed E-state index contributed by atoms with van der Waals surface area (Å²) in [6, 6.07) is 6.42. The second kappa shape index (κ2) is 4.74. The van der Waals surface area contributed by atoms with E-state index in [1.807, 2.05) is 18.4 Å². The van der Waals surface area contributed by atoms with E-state index < -0.39 is 0 Å². The molecule has 0 N–H and O–H groups in total. The molecule has 1 aromatic carbocycles. The van der Waals surface area contributed by atoms with Crippen LogP contribution in [0.3, 0.4) is 0 Å². The molecule has 0 bridgehead atoms. The third kappa shape index (κ3) is 2.24. The van der Waals surface area contributed by atoms with Crippen LogP contribution in [-0.2, 0) is 0 Å². The first-order valence-electron chi connectivity index (χ1n) is 4.72. The molecule has 16 heavy (non-hydrogen) atoms. The van der Waals surface area contributed by atoms with Crippen LogP contribution in [-0.4, -0.2) is 0 Å². The predicted octanol–water partition coefficient (Wildman–Crippen LogP) is 5.18. The maximum Gasteiger partial charge on any atom is 0.123 e. The highest BCUT2D eigenvalue weighted by atomic mass is 35.5. The van der Waals surface area contributed by atoms with Gasteiger partial charge in [-0.05, 0) is 41.6 Å². The smallest absolute Gasteiger partial charge is 0.123 e. The fourth-order valence-corrected chi connectivity index (χ4v) is 3.28. The van der Waals surface area contributed by atoms with Crippen molar-refractivity contribution in [3.8, 4) is 0 Å². The molecule has 0 aliphatic heterocycles. The molecule has 0 fully saturated rings. The Morgan fingerprint density at radius 1 is 1.31 bits per heavy atom. The maximum absolute atomic E-state index is 13.0. The standard InChI is InChI=1S/C12H9Cl2FS/c1-7-6-8(15)2-3-9(7)11(14)12-10(13)4-5-16-12/h2-6,11H,1H3. The molecule has 0 aliphatic rings. The van der Waals surface area contributed by atoms with Gasteiger partial charge in [0.2, 0.25) is 0 Å². The van der Waals surface area contributed by atoms with E-state index in [0.29, 0.717) is 5.02 Å². The Labute approximate surface area is 108 Å². The van der Waals surface area contributed by atoms with E-state index in [9.17, 15) is 4.39 Å². The Balaban J connectivity index is 2.41. The largest absolute Gasteiger partial charge is 0.207 e. The van der Waals surface area contributed by atoms with Crippen molar-refractivity contribution in [1.82, 2.24) is 0 Å². The lowest BCUT2D eigenvalue weighted by Crippen LogP contribution is -1.95. The summed E-state index contributed by atoms with van der Waals surface area (Å²) in [6.45, 7) is 1.84. The predicted molar refractivity (Wildman–Crippen MR) is 68.2 cm³/mol. The zero-order valence-corrected chi connectivity index (χ0v) is 10.8. The van der Waals surface area contributed by atoms with Gasteiger partial charge < -0.3 is 0 Å². The Kier molecular flexibility index (Phi) is 3.53. The minimum absolute atomic E-state index is 0.248. The Bertz CT molecular complexity index is 507. The summed E-state index contributed by atoms with van der Waals surface area (Å²) in [7, 11) is 0. The topological polar surface area (TPSA) is 0 Å². The van der Waals surface area contributed by atoms with Crippen LogP contribution in [0.5, 0.6) is 0 Å². The van der Waals surface area contributed by atoms with E-state index in [1.54, 1.807) is 6.07 Å². The van der Waals surface area contributed by atoms with Gasteiger partial charge in [0.1, 0.15) is 5.82 Å². The second-order valence-corrected chi connectivity index (χ2v) is 5.29. The van der Waals surface area contributed by atoms with Crippen LogP contribution in [0, 0.1) is 12.7 Å². The van der Waals surface area contributed by atoms with Gasteiger partial charge >= 0.3 is 0 Å². The lowest BCUT2D eigenvalue weighted by Gasteiger charge is -2.11. The zero-order valence-electron chi connectivity index (χ0n) is 8.51. The number of aryl methyl sites for hydroxylation is 1. The molecule has 84 valence electrons. The molecule has 2 rings (SSSR count). The van der Waals surface area contributed by atoms with E-state index in [4.69, 9.17) is 23.2 Å². The zero-order chi connectivity index (χ0) is 11.7. The van der Waals surface area contributed by atoms with Crippen molar-refractivity contribution >= 4 is 34.5 Å². The molecule has 4 heteroatoms. The molecule has 0 saturated carbocycles. The number of hydrogen-bond donors (Lipinski definition) is 0. The van der Waals surface area contributed by atoms with Gasteiger partial charge in [-0.2, -0.15) is 0 Å². The van der Waals surface area contributed by atoms with Gasteiger partial charge in [-0.15, -0.1) is 22.9 Å². The molecule has 0 nitrogen and oxygen atoms in total. The lowest BCUT2D eigenvalue weighted by molar-refractivity contribution is 0.625. The summed E-state index contributed by atoms with van der Waals surface area (Å²) in [5.41, 5.74) is 1.73. The number of alkyl halides is 1. The van der Waals surface area contributed by atoms with E-state index in [2.05, 4.69) is 0 Å². The highest BCUT2D eigenvalue weighted by Crippen LogP contribution is 2.38.